The number of benzene rings is 1. The third kappa shape index (κ3) is 2.85. The van der Waals surface area contributed by atoms with Crippen molar-refractivity contribution < 1.29 is 14.6 Å². The van der Waals surface area contributed by atoms with Crippen LogP contribution < -0.4 is 10.1 Å². The van der Waals surface area contributed by atoms with Gasteiger partial charge in [0.15, 0.2) is 0 Å². The monoisotopic (exact) mass is 265 g/mol. The molecule has 2 unspecified atom stereocenters. The minimum atomic E-state index is -0.473. The first-order valence-electron chi connectivity index (χ1n) is 6.73. The van der Waals surface area contributed by atoms with Crippen molar-refractivity contribution in [3.05, 3.63) is 23.8 Å². The summed E-state index contributed by atoms with van der Waals surface area (Å²) < 4.78 is 11.0. The molecule has 0 spiro atoms. The standard InChI is InChI=1S/C15H23NO3/c1-5-19-11-6-7-12-10(8-11)9-13(17)14(16-12)15(2,3)18-4/h6-8,13-14,16-17H,5,9H2,1-4H3. The lowest BCUT2D eigenvalue weighted by Gasteiger charge is -2.41. The predicted molar refractivity (Wildman–Crippen MR) is 75.8 cm³/mol. The Balaban J connectivity index is 2.24. The van der Waals surface area contributed by atoms with E-state index >= 15 is 0 Å². The molecule has 19 heavy (non-hydrogen) atoms. The number of hydrogen-bond acceptors (Lipinski definition) is 4. The van der Waals surface area contributed by atoms with E-state index in [1.165, 1.54) is 0 Å². The highest BCUT2D eigenvalue weighted by molar-refractivity contribution is 5.57. The number of nitrogens with one attached hydrogen (secondary N) is 1. The first-order valence-corrected chi connectivity index (χ1v) is 6.73. The number of aliphatic hydroxyl groups is 1. The number of aliphatic hydroxyl groups excluding tert-OH is 1. The van der Waals surface area contributed by atoms with E-state index in [0.717, 1.165) is 17.0 Å². The quantitative estimate of drug-likeness (QED) is 0.876. The van der Waals surface area contributed by atoms with Gasteiger partial charge in [-0.05, 0) is 44.5 Å². The van der Waals surface area contributed by atoms with Crippen LogP contribution in [0.4, 0.5) is 5.69 Å². The van der Waals surface area contributed by atoms with Gasteiger partial charge in [-0.3, -0.25) is 0 Å². The van der Waals surface area contributed by atoms with Crippen LogP contribution in [-0.2, 0) is 11.2 Å². The lowest BCUT2D eigenvalue weighted by molar-refractivity contribution is -0.0328. The molecule has 0 aliphatic carbocycles. The lowest BCUT2D eigenvalue weighted by atomic mass is 9.86. The van der Waals surface area contributed by atoms with Gasteiger partial charge in [-0.15, -0.1) is 0 Å². The third-order valence-electron chi connectivity index (χ3n) is 3.79. The van der Waals surface area contributed by atoms with Gasteiger partial charge in [0.1, 0.15) is 5.75 Å². The van der Waals surface area contributed by atoms with Crippen molar-refractivity contribution in [3.8, 4) is 5.75 Å². The first-order chi connectivity index (χ1) is 8.97. The van der Waals surface area contributed by atoms with Crippen LogP contribution in [0.5, 0.6) is 5.75 Å². The van der Waals surface area contributed by atoms with Crippen molar-refractivity contribution in [2.45, 2.75) is 44.9 Å². The maximum Gasteiger partial charge on any atom is 0.119 e. The fraction of sp³-hybridized carbons (Fsp3) is 0.600. The molecular weight excluding hydrogens is 242 g/mol. The van der Waals surface area contributed by atoms with Gasteiger partial charge in [0.2, 0.25) is 0 Å². The van der Waals surface area contributed by atoms with Crippen molar-refractivity contribution in [1.82, 2.24) is 0 Å². The Morgan fingerprint density at radius 2 is 2.16 bits per heavy atom. The highest BCUT2D eigenvalue weighted by Gasteiger charge is 2.38. The molecule has 106 valence electrons. The van der Waals surface area contributed by atoms with Gasteiger partial charge in [0, 0.05) is 19.2 Å². The van der Waals surface area contributed by atoms with Gasteiger partial charge in [-0.2, -0.15) is 0 Å². The molecule has 1 aliphatic rings. The Labute approximate surface area is 114 Å². The minimum Gasteiger partial charge on any atom is -0.494 e. The summed E-state index contributed by atoms with van der Waals surface area (Å²) in [6.07, 6.45) is 0.139. The van der Waals surface area contributed by atoms with E-state index in [0.29, 0.717) is 13.0 Å². The van der Waals surface area contributed by atoms with Crippen LogP contribution in [-0.4, -0.2) is 36.6 Å². The summed E-state index contributed by atoms with van der Waals surface area (Å²) in [6.45, 7) is 6.57. The van der Waals surface area contributed by atoms with E-state index in [2.05, 4.69) is 5.32 Å². The van der Waals surface area contributed by atoms with E-state index in [4.69, 9.17) is 9.47 Å². The number of methoxy groups -OCH3 is 1. The van der Waals surface area contributed by atoms with Gasteiger partial charge in [-0.25, -0.2) is 0 Å². The molecular formula is C15H23NO3. The summed E-state index contributed by atoms with van der Waals surface area (Å²) in [4.78, 5) is 0. The molecule has 0 amide bonds. The second kappa shape index (κ2) is 5.39. The Bertz CT molecular complexity index is 445. The summed E-state index contributed by atoms with van der Waals surface area (Å²) in [5.74, 6) is 0.847. The van der Waals surface area contributed by atoms with Crippen LogP contribution in [0.25, 0.3) is 0 Å². The Morgan fingerprint density at radius 1 is 1.42 bits per heavy atom. The summed E-state index contributed by atoms with van der Waals surface area (Å²) in [7, 11) is 1.67. The largest absolute Gasteiger partial charge is 0.494 e. The maximum atomic E-state index is 10.3. The van der Waals surface area contributed by atoms with E-state index in [1.807, 2.05) is 39.0 Å². The van der Waals surface area contributed by atoms with Gasteiger partial charge >= 0.3 is 0 Å². The predicted octanol–water partition coefficient (Wildman–Crippen LogP) is 2.21. The van der Waals surface area contributed by atoms with Crippen LogP contribution in [0.2, 0.25) is 0 Å². The van der Waals surface area contributed by atoms with E-state index in [9.17, 15) is 5.11 Å². The van der Waals surface area contributed by atoms with Crippen molar-refractivity contribution in [1.29, 1.82) is 0 Å². The van der Waals surface area contributed by atoms with Gasteiger partial charge in [-0.1, -0.05) is 0 Å². The number of fused-ring (bicyclic) bond motifs is 1. The Hall–Kier alpha value is -1.26. The average Bonchev–Trinajstić information content (AvgIpc) is 2.38. The van der Waals surface area contributed by atoms with Crippen molar-refractivity contribution in [2.24, 2.45) is 0 Å². The molecule has 0 bridgehead atoms. The topological polar surface area (TPSA) is 50.7 Å². The molecule has 4 nitrogen and oxygen atoms in total. The molecule has 0 saturated heterocycles. The lowest BCUT2D eigenvalue weighted by Crippen LogP contribution is -2.53. The number of rotatable bonds is 4. The second-order valence-corrected chi connectivity index (χ2v) is 5.45. The fourth-order valence-electron chi connectivity index (χ4n) is 2.51. The highest BCUT2D eigenvalue weighted by atomic mass is 16.5. The van der Waals surface area contributed by atoms with E-state index in [-0.39, 0.29) is 6.04 Å². The minimum absolute atomic E-state index is 0.122. The van der Waals surface area contributed by atoms with Crippen LogP contribution in [0.1, 0.15) is 26.3 Å². The van der Waals surface area contributed by atoms with Gasteiger partial charge in [0.25, 0.3) is 0 Å². The van der Waals surface area contributed by atoms with Crippen LogP contribution in [0.3, 0.4) is 0 Å². The second-order valence-electron chi connectivity index (χ2n) is 5.45. The molecule has 0 fully saturated rings. The summed E-state index contributed by atoms with van der Waals surface area (Å²) in [5, 5.41) is 13.7. The normalized spacial score (nSPS) is 22.6. The van der Waals surface area contributed by atoms with E-state index in [1.54, 1.807) is 7.11 Å². The number of ether oxygens (including phenoxy) is 2. The zero-order valence-corrected chi connectivity index (χ0v) is 12.1. The average molecular weight is 265 g/mol. The molecule has 2 rings (SSSR count). The van der Waals surface area contributed by atoms with Crippen LogP contribution in [0.15, 0.2) is 18.2 Å². The molecule has 4 heteroatoms. The molecule has 2 N–H and O–H groups in total. The Morgan fingerprint density at radius 3 is 2.79 bits per heavy atom. The summed E-state index contributed by atoms with van der Waals surface area (Å²) in [6, 6.07) is 5.82. The zero-order valence-electron chi connectivity index (χ0n) is 12.1. The molecule has 2 atom stereocenters. The van der Waals surface area contributed by atoms with E-state index < -0.39 is 11.7 Å². The van der Waals surface area contributed by atoms with Crippen LogP contribution >= 0.6 is 0 Å². The van der Waals surface area contributed by atoms with Gasteiger partial charge < -0.3 is 19.9 Å². The SMILES string of the molecule is CCOc1ccc2c(c1)CC(O)C(C(C)(C)OC)N2. The smallest absolute Gasteiger partial charge is 0.119 e. The number of hydrogen-bond donors (Lipinski definition) is 2. The van der Waals surface area contributed by atoms with Crippen molar-refractivity contribution in [3.63, 3.8) is 0 Å². The third-order valence-corrected chi connectivity index (χ3v) is 3.79. The van der Waals surface area contributed by atoms with Gasteiger partial charge in [0.05, 0.1) is 24.4 Å². The molecule has 0 aromatic heterocycles. The molecule has 0 saturated carbocycles. The summed E-state index contributed by atoms with van der Waals surface area (Å²) >= 11 is 0. The summed E-state index contributed by atoms with van der Waals surface area (Å²) in [5.41, 5.74) is 1.71. The number of anilines is 1. The first kappa shape index (κ1) is 14.2. The molecule has 1 aliphatic heterocycles. The molecule has 0 radical (unpaired) electrons. The fourth-order valence-corrected chi connectivity index (χ4v) is 2.51. The Kier molecular flexibility index (Phi) is 4.02. The highest BCUT2D eigenvalue weighted by Crippen LogP contribution is 2.33. The zero-order chi connectivity index (χ0) is 14.0. The van der Waals surface area contributed by atoms with Crippen LogP contribution in [0, 0.1) is 0 Å². The maximum absolute atomic E-state index is 10.3. The molecule has 1 aromatic rings. The molecule has 1 aromatic carbocycles. The molecule has 1 heterocycles. The van der Waals surface area contributed by atoms with Crippen molar-refractivity contribution in [2.75, 3.05) is 19.0 Å². The van der Waals surface area contributed by atoms with Crippen molar-refractivity contribution >= 4 is 5.69 Å².